The van der Waals surface area contributed by atoms with Crippen molar-refractivity contribution in [2.45, 2.75) is 6.92 Å². The normalized spacial score (nSPS) is 11.1. The van der Waals surface area contributed by atoms with E-state index in [9.17, 15) is 9.90 Å². The van der Waals surface area contributed by atoms with Gasteiger partial charge >= 0.3 is 5.97 Å². The van der Waals surface area contributed by atoms with Crippen LogP contribution < -0.4 is 4.74 Å². The first-order valence-corrected chi connectivity index (χ1v) is 5.17. The molecule has 0 aliphatic carbocycles. The summed E-state index contributed by atoms with van der Waals surface area (Å²) in [4.78, 5) is 10.2. The van der Waals surface area contributed by atoms with Crippen molar-refractivity contribution in [3.8, 4) is 11.5 Å². The second-order valence-corrected chi connectivity index (χ2v) is 3.22. The van der Waals surface area contributed by atoms with E-state index in [0.29, 0.717) is 12.4 Å². The van der Waals surface area contributed by atoms with Crippen molar-refractivity contribution < 1.29 is 19.7 Å². The van der Waals surface area contributed by atoms with Gasteiger partial charge in [0.05, 0.1) is 6.61 Å². The number of hydrogen-bond donors (Lipinski definition) is 2. The first-order valence-electron chi connectivity index (χ1n) is 5.17. The molecule has 4 heteroatoms. The number of benzene rings is 1. The van der Waals surface area contributed by atoms with Gasteiger partial charge in [0.25, 0.3) is 0 Å². The summed E-state index contributed by atoms with van der Waals surface area (Å²) < 4.78 is 5.23. The van der Waals surface area contributed by atoms with Crippen molar-refractivity contribution in [3.63, 3.8) is 0 Å². The highest BCUT2D eigenvalue weighted by molar-refractivity contribution is 5.80. The summed E-state index contributed by atoms with van der Waals surface area (Å²) in [6, 6.07) is 4.93. The van der Waals surface area contributed by atoms with E-state index in [1.807, 2.05) is 6.92 Å². The minimum Gasteiger partial charge on any atom is -0.504 e. The fourth-order valence-corrected chi connectivity index (χ4v) is 1.21. The molecule has 0 atom stereocenters. The minimum absolute atomic E-state index is 0.0880. The van der Waals surface area contributed by atoms with Crippen molar-refractivity contribution >= 4 is 12.0 Å². The number of phenols is 1. The SMILES string of the molecule is CCOc1cc(C=CC=CC(=O)O)ccc1O. The largest absolute Gasteiger partial charge is 0.504 e. The second-order valence-electron chi connectivity index (χ2n) is 3.22. The molecular weight excluding hydrogens is 220 g/mol. The first-order chi connectivity index (χ1) is 8.13. The van der Waals surface area contributed by atoms with Gasteiger partial charge in [-0.1, -0.05) is 24.3 Å². The number of phenolic OH excluding ortho intramolecular Hbond substituents is 1. The number of carboxylic acid groups (broad SMARTS) is 1. The number of allylic oxidation sites excluding steroid dienone is 2. The van der Waals surface area contributed by atoms with Gasteiger partial charge in [0.15, 0.2) is 11.5 Å². The number of hydrogen-bond acceptors (Lipinski definition) is 3. The Balaban J connectivity index is 2.78. The van der Waals surface area contributed by atoms with Crippen LogP contribution in [0.15, 0.2) is 36.4 Å². The lowest BCUT2D eigenvalue weighted by molar-refractivity contribution is -0.131. The number of aliphatic carboxylic acids is 1. The van der Waals surface area contributed by atoms with Crippen LogP contribution in [0.5, 0.6) is 11.5 Å². The van der Waals surface area contributed by atoms with Crippen LogP contribution in [-0.2, 0) is 4.79 Å². The summed E-state index contributed by atoms with van der Waals surface area (Å²) in [7, 11) is 0. The molecular formula is C13H14O4. The zero-order chi connectivity index (χ0) is 12.7. The number of carbonyl (C=O) groups is 1. The van der Waals surface area contributed by atoms with Crippen LogP contribution in [-0.4, -0.2) is 22.8 Å². The summed E-state index contributed by atoms with van der Waals surface area (Å²) in [6.07, 6.45) is 5.80. The smallest absolute Gasteiger partial charge is 0.328 e. The Morgan fingerprint density at radius 1 is 1.41 bits per heavy atom. The molecule has 0 spiro atoms. The molecule has 0 aromatic heterocycles. The van der Waals surface area contributed by atoms with Gasteiger partial charge < -0.3 is 14.9 Å². The van der Waals surface area contributed by atoms with E-state index in [1.165, 1.54) is 12.1 Å². The highest BCUT2D eigenvalue weighted by atomic mass is 16.5. The molecule has 17 heavy (non-hydrogen) atoms. The zero-order valence-corrected chi connectivity index (χ0v) is 9.46. The Hall–Kier alpha value is -2.23. The quantitative estimate of drug-likeness (QED) is 0.606. The lowest BCUT2D eigenvalue weighted by Gasteiger charge is -2.05. The predicted molar refractivity (Wildman–Crippen MR) is 65.1 cm³/mol. The number of rotatable bonds is 5. The van der Waals surface area contributed by atoms with Crippen LogP contribution in [0.3, 0.4) is 0 Å². The van der Waals surface area contributed by atoms with E-state index in [2.05, 4.69) is 0 Å². The Labute approximate surface area is 99.5 Å². The molecule has 0 bridgehead atoms. The third kappa shape index (κ3) is 4.42. The number of aromatic hydroxyl groups is 1. The predicted octanol–water partition coefficient (Wildman–Crippen LogP) is 2.44. The first kappa shape index (κ1) is 12.8. The fraction of sp³-hybridized carbons (Fsp3) is 0.154. The van der Waals surface area contributed by atoms with Gasteiger partial charge in [0.2, 0.25) is 0 Å². The topological polar surface area (TPSA) is 66.8 Å². The molecule has 0 radical (unpaired) electrons. The van der Waals surface area contributed by atoms with Crippen LogP contribution in [0.1, 0.15) is 12.5 Å². The van der Waals surface area contributed by atoms with Crippen LogP contribution in [0.2, 0.25) is 0 Å². The summed E-state index contributed by atoms with van der Waals surface area (Å²) in [6.45, 7) is 2.30. The Kier molecular flexibility index (Phi) is 4.81. The summed E-state index contributed by atoms with van der Waals surface area (Å²) in [5.74, 6) is -0.489. The average Bonchev–Trinajstić information content (AvgIpc) is 2.28. The van der Waals surface area contributed by atoms with Crippen LogP contribution in [0.25, 0.3) is 6.08 Å². The molecule has 0 aliphatic rings. The number of carboxylic acids is 1. The van der Waals surface area contributed by atoms with Gasteiger partial charge in [0.1, 0.15) is 0 Å². The van der Waals surface area contributed by atoms with E-state index >= 15 is 0 Å². The van der Waals surface area contributed by atoms with E-state index in [0.717, 1.165) is 11.6 Å². The molecule has 90 valence electrons. The molecule has 0 heterocycles. The molecule has 0 fully saturated rings. The molecule has 1 aromatic carbocycles. The maximum Gasteiger partial charge on any atom is 0.328 e. The molecule has 4 nitrogen and oxygen atoms in total. The van der Waals surface area contributed by atoms with Crippen molar-refractivity contribution in [2.24, 2.45) is 0 Å². The van der Waals surface area contributed by atoms with Crippen molar-refractivity contribution in [2.75, 3.05) is 6.61 Å². The monoisotopic (exact) mass is 234 g/mol. The van der Waals surface area contributed by atoms with Gasteiger partial charge in [-0.05, 0) is 24.6 Å². The average molecular weight is 234 g/mol. The molecule has 1 aromatic rings. The molecule has 0 unspecified atom stereocenters. The van der Waals surface area contributed by atoms with E-state index in [-0.39, 0.29) is 5.75 Å². The highest BCUT2D eigenvalue weighted by Crippen LogP contribution is 2.27. The van der Waals surface area contributed by atoms with Crippen molar-refractivity contribution in [1.82, 2.24) is 0 Å². The van der Waals surface area contributed by atoms with Gasteiger partial charge in [-0.15, -0.1) is 0 Å². The molecule has 2 N–H and O–H groups in total. The molecule has 0 saturated carbocycles. The Bertz CT molecular complexity index is 447. The fourth-order valence-electron chi connectivity index (χ4n) is 1.21. The van der Waals surface area contributed by atoms with E-state index in [4.69, 9.17) is 9.84 Å². The van der Waals surface area contributed by atoms with Gasteiger partial charge in [-0.25, -0.2) is 4.79 Å². The van der Waals surface area contributed by atoms with Gasteiger partial charge in [-0.2, -0.15) is 0 Å². The van der Waals surface area contributed by atoms with Crippen molar-refractivity contribution in [3.05, 3.63) is 42.0 Å². The van der Waals surface area contributed by atoms with Crippen LogP contribution in [0, 0.1) is 0 Å². The third-order valence-electron chi connectivity index (χ3n) is 1.92. The summed E-state index contributed by atoms with van der Waals surface area (Å²) in [5, 5.41) is 17.9. The van der Waals surface area contributed by atoms with E-state index in [1.54, 1.807) is 24.3 Å². The highest BCUT2D eigenvalue weighted by Gasteiger charge is 2.00. The molecule has 0 amide bonds. The van der Waals surface area contributed by atoms with Gasteiger partial charge in [0, 0.05) is 6.08 Å². The molecule has 0 saturated heterocycles. The third-order valence-corrected chi connectivity index (χ3v) is 1.92. The maximum atomic E-state index is 10.2. The minimum atomic E-state index is -0.990. The summed E-state index contributed by atoms with van der Waals surface area (Å²) >= 11 is 0. The standard InChI is InChI=1S/C13H14O4/c1-2-17-12-9-10(7-8-11(12)14)5-3-4-6-13(15)16/h3-9,14H,2H2,1H3,(H,15,16). The Morgan fingerprint density at radius 2 is 2.18 bits per heavy atom. The van der Waals surface area contributed by atoms with Crippen LogP contribution in [0.4, 0.5) is 0 Å². The van der Waals surface area contributed by atoms with Crippen molar-refractivity contribution in [1.29, 1.82) is 0 Å². The lowest BCUT2D eigenvalue weighted by Crippen LogP contribution is -1.91. The molecule has 0 aliphatic heterocycles. The van der Waals surface area contributed by atoms with Crippen LogP contribution >= 0.6 is 0 Å². The van der Waals surface area contributed by atoms with E-state index < -0.39 is 5.97 Å². The summed E-state index contributed by atoms with van der Waals surface area (Å²) in [5.41, 5.74) is 0.821. The second kappa shape index (κ2) is 6.37. The molecule has 1 rings (SSSR count). The lowest BCUT2D eigenvalue weighted by atomic mass is 10.2. The zero-order valence-electron chi connectivity index (χ0n) is 9.46. The Morgan fingerprint density at radius 3 is 2.82 bits per heavy atom. The number of ether oxygens (including phenoxy) is 1. The maximum absolute atomic E-state index is 10.2. The van der Waals surface area contributed by atoms with Gasteiger partial charge in [-0.3, -0.25) is 0 Å².